The lowest BCUT2D eigenvalue weighted by molar-refractivity contribution is -0.309. The molecule has 2 unspecified atom stereocenters. The van der Waals surface area contributed by atoms with E-state index in [0.717, 1.165) is 38.5 Å². The molecule has 0 aromatic rings. The van der Waals surface area contributed by atoms with Crippen molar-refractivity contribution in [3.63, 3.8) is 0 Å². The average molecular weight is 679 g/mol. The minimum atomic E-state index is -1.38. The molecule has 8 aliphatic rings. The van der Waals surface area contributed by atoms with Crippen LogP contribution in [0.25, 0.3) is 0 Å². The van der Waals surface area contributed by atoms with Crippen molar-refractivity contribution in [2.24, 2.45) is 50.7 Å². The summed E-state index contributed by atoms with van der Waals surface area (Å²) in [4.78, 5) is 12.1. The third-order valence-electron chi connectivity index (χ3n) is 16.3. The number of hydrogen-bond donors (Lipinski definition) is 5. The first kappa shape index (κ1) is 34.2. The maximum Gasteiger partial charge on any atom is 0.303 e. The van der Waals surface area contributed by atoms with Crippen molar-refractivity contribution < 1.29 is 54.0 Å². The molecule has 3 saturated heterocycles. The van der Waals surface area contributed by atoms with Gasteiger partial charge in [0.2, 0.25) is 0 Å². The predicted octanol–water partition coefficient (Wildman–Crippen LogP) is 2.66. The van der Waals surface area contributed by atoms with Crippen molar-refractivity contribution in [1.29, 1.82) is 0 Å². The Kier molecular flexibility index (Phi) is 7.24. The largest absolute Gasteiger partial charge is 0.457 e. The molecule has 11 nitrogen and oxygen atoms in total. The predicted molar refractivity (Wildman–Crippen MR) is 170 cm³/mol. The highest BCUT2D eigenvalue weighted by molar-refractivity contribution is 5.66. The number of aliphatic hydroxyl groups excluding tert-OH is 5. The Balaban J connectivity index is 1.11. The molecule has 3 heterocycles. The zero-order valence-corrected chi connectivity index (χ0v) is 29.8. The van der Waals surface area contributed by atoms with E-state index in [1.807, 2.05) is 13.8 Å². The van der Waals surface area contributed by atoms with Crippen LogP contribution in [0.2, 0.25) is 0 Å². The van der Waals surface area contributed by atoms with Gasteiger partial charge in [-0.3, -0.25) is 4.79 Å². The van der Waals surface area contributed by atoms with Crippen molar-refractivity contribution in [1.82, 2.24) is 0 Å². The number of rotatable bonds is 4. The van der Waals surface area contributed by atoms with Gasteiger partial charge in [0.15, 0.2) is 12.1 Å². The molecule has 18 atom stereocenters. The number of ether oxygens (including phenoxy) is 5. The number of esters is 1. The lowest BCUT2D eigenvalue weighted by Gasteiger charge is -2.64. The quantitative estimate of drug-likeness (QED) is 0.219. The van der Waals surface area contributed by atoms with Crippen LogP contribution >= 0.6 is 0 Å². The molecule has 3 spiro atoms. The second kappa shape index (κ2) is 10.2. The molecule has 5 saturated carbocycles. The average Bonchev–Trinajstić information content (AvgIpc) is 3.55. The topological polar surface area (TPSA) is 164 Å². The van der Waals surface area contributed by atoms with Gasteiger partial charge in [-0.25, -0.2) is 0 Å². The van der Waals surface area contributed by atoms with E-state index in [1.165, 1.54) is 6.92 Å². The van der Waals surface area contributed by atoms with Crippen molar-refractivity contribution in [3.8, 4) is 0 Å². The summed E-state index contributed by atoms with van der Waals surface area (Å²) in [5, 5.41) is 55.9. The number of aliphatic hydroxyl groups is 5. The molecule has 2 bridgehead atoms. The smallest absolute Gasteiger partial charge is 0.303 e. The fourth-order valence-corrected chi connectivity index (χ4v) is 14.4. The van der Waals surface area contributed by atoms with Gasteiger partial charge in [-0.1, -0.05) is 34.6 Å². The number of hydrogen-bond acceptors (Lipinski definition) is 11. The van der Waals surface area contributed by atoms with E-state index >= 15 is 0 Å². The highest BCUT2D eigenvalue weighted by Gasteiger charge is 2.89. The Morgan fingerprint density at radius 2 is 1.60 bits per heavy atom. The molecule has 11 heteroatoms. The van der Waals surface area contributed by atoms with E-state index < -0.39 is 65.8 Å². The molecule has 8 rings (SSSR count). The molecule has 0 aromatic carbocycles. The maximum atomic E-state index is 12.8. The van der Waals surface area contributed by atoms with Crippen LogP contribution in [0.3, 0.4) is 0 Å². The van der Waals surface area contributed by atoms with Crippen LogP contribution in [0.1, 0.15) is 100 Å². The second-order valence-corrected chi connectivity index (χ2v) is 18.9. The van der Waals surface area contributed by atoms with Crippen molar-refractivity contribution in [2.45, 2.75) is 167 Å². The van der Waals surface area contributed by atoms with Crippen LogP contribution in [0.15, 0.2) is 0 Å². The number of carbonyl (C=O) groups is 1. The van der Waals surface area contributed by atoms with Gasteiger partial charge >= 0.3 is 5.97 Å². The van der Waals surface area contributed by atoms with E-state index in [9.17, 15) is 30.3 Å². The molecule has 0 amide bonds. The zero-order valence-electron chi connectivity index (χ0n) is 29.8. The third kappa shape index (κ3) is 3.84. The molecular weight excluding hydrogens is 620 g/mol. The van der Waals surface area contributed by atoms with Gasteiger partial charge in [-0.2, -0.15) is 0 Å². The Morgan fingerprint density at radius 3 is 2.29 bits per heavy atom. The highest BCUT2D eigenvalue weighted by Crippen LogP contribution is 2.90. The van der Waals surface area contributed by atoms with E-state index in [0.29, 0.717) is 6.42 Å². The van der Waals surface area contributed by atoms with Crippen LogP contribution in [0.4, 0.5) is 0 Å². The van der Waals surface area contributed by atoms with Gasteiger partial charge in [0.1, 0.15) is 36.1 Å². The van der Waals surface area contributed by atoms with Crippen molar-refractivity contribution >= 4 is 5.97 Å². The van der Waals surface area contributed by atoms with Crippen molar-refractivity contribution in [2.75, 3.05) is 6.61 Å². The van der Waals surface area contributed by atoms with E-state index in [-0.39, 0.29) is 64.0 Å². The molecule has 48 heavy (non-hydrogen) atoms. The fourth-order valence-electron chi connectivity index (χ4n) is 14.4. The van der Waals surface area contributed by atoms with Crippen LogP contribution in [0, 0.1) is 50.7 Å². The van der Waals surface area contributed by atoms with Crippen LogP contribution in [-0.2, 0) is 28.5 Å². The van der Waals surface area contributed by atoms with Crippen LogP contribution in [0.5, 0.6) is 0 Å². The van der Waals surface area contributed by atoms with Gasteiger partial charge in [0, 0.05) is 30.1 Å². The SMILES string of the molecule is CC(=O)OC(C)(C)[C@H]1O[C@@]23O[C@@H]1C[C@@H](C)[C@@H]2[C@@]1(C)CC[C@@]24C[C@]25C(CCC4[C@]1(C)[C@H]3O)C(C)(C)[C@@H](O[C@@H]1OC[C@@H](O)[C@H](O)[C@H]1O)C[C@@H]5O. The molecule has 8 fully saturated rings. The minimum absolute atomic E-state index is 0.0366. The summed E-state index contributed by atoms with van der Waals surface area (Å²) in [6.07, 6.45) is -2.08. The molecule has 3 aliphatic heterocycles. The lowest BCUT2D eigenvalue weighted by atomic mass is 9.41. The standard InChI is InChI=1S/C37H58O11/c1-17-13-20-28(32(5,6)46-18(2)38)48-37(47-20)27(17)33(7)11-12-35-16-36(35)21(9-10-22(35)34(33,8)30(37)43)31(3,4)24(14-23(36)40)45-29-26(42)25(41)19(39)15-44-29/h17,19-30,39-43H,9-16H2,1-8H3/t17-,19-,20-,21?,22?,23+,24+,25+,26-,27-,28+,29+,30-,33-,34-,35+,36-,37+/m1/s1. The molecule has 5 N–H and O–H groups in total. The minimum Gasteiger partial charge on any atom is -0.457 e. The molecule has 0 radical (unpaired) electrons. The second-order valence-electron chi connectivity index (χ2n) is 18.9. The first-order valence-electron chi connectivity index (χ1n) is 18.5. The van der Waals surface area contributed by atoms with Gasteiger partial charge < -0.3 is 49.2 Å². The van der Waals surface area contributed by atoms with E-state index in [4.69, 9.17) is 23.7 Å². The summed E-state index contributed by atoms with van der Waals surface area (Å²) in [7, 11) is 0. The van der Waals surface area contributed by atoms with Crippen LogP contribution in [-0.4, -0.2) is 105 Å². The third-order valence-corrected chi connectivity index (χ3v) is 16.3. The summed E-state index contributed by atoms with van der Waals surface area (Å²) >= 11 is 0. The summed E-state index contributed by atoms with van der Waals surface area (Å²) in [6, 6.07) is 0. The van der Waals surface area contributed by atoms with Gasteiger partial charge in [0.05, 0.1) is 24.9 Å². The monoisotopic (exact) mass is 678 g/mol. The van der Waals surface area contributed by atoms with E-state index in [2.05, 4.69) is 34.6 Å². The number of fused-ring (bicyclic) bond motifs is 4. The first-order chi connectivity index (χ1) is 22.2. The lowest BCUT2D eigenvalue weighted by Crippen LogP contribution is -2.64. The summed E-state index contributed by atoms with van der Waals surface area (Å²) in [5.74, 6) is -1.07. The Bertz CT molecular complexity index is 1350. The first-order valence-corrected chi connectivity index (χ1v) is 18.5. The summed E-state index contributed by atoms with van der Waals surface area (Å²) < 4.78 is 31.7. The van der Waals surface area contributed by atoms with Gasteiger partial charge in [-0.15, -0.1) is 0 Å². The molecule has 272 valence electrons. The Morgan fingerprint density at radius 1 is 0.917 bits per heavy atom. The normalized spacial score (nSPS) is 59.4. The van der Waals surface area contributed by atoms with Crippen LogP contribution < -0.4 is 0 Å². The zero-order chi connectivity index (χ0) is 34.8. The fraction of sp³-hybridized carbons (Fsp3) is 0.973. The molecule has 0 aromatic heterocycles. The number of carbonyl (C=O) groups excluding carboxylic acids is 1. The summed E-state index contributed by atoms with van der Waals surface area (Å²) in [6.45, 7) is 16.3. The summed E-state index contributed by atoms with van der Waals surface area (Å²) in [5.41, 5.74) is -2.56. The van der Waals surface area contributed by atoms with E-state index in [1.54, 1.807) is 0 Å². The molecular formula is C37H58O11. The van der Waals surface area contributed by atoms with Gasteiger partial charge in [0.25, 0.3) is 0 Å². The Labute approximate surface area is 284 Å². The van der Waals surface area contributed by atoms with Gasteiger partial charge in [-0.05, 0) is 86.4 Å². The molecule has 5 aliphatic carbocycles. The Hall–Kier alpha value is -0.890. The maximum absolute atomic E-state index is 12.8. The van der Waals surface area contributed by atoms with Crippen molar-refractivity contribution in [3.05, 3.63) is 0 Å². The highest BCUT2D eigenvalue weighted by atomic mass is 16.8.